The van der Waals surface area contributed by atoms with Gasteiger partial charge in [0.15, 0.2) is 0 Å². The lowest BCUT2D eigenvalue weighted by Crippen LogP contribution is -2.59. The van der Waals surface area contributed by atoms with E-state index in [1.165, 1.54) is 6.08 Å². The van der Waals surface area contributed by atoms with E-state index in [1.807, 2.05) is 0 Å². The molecule has 0 radical (unpaired) electrons. The summed E-state index contributed by atoms with van der Waals surface area (Å²) in [5, 5.41) is 22.1. The highest BCUT2D eigenvalue weighted by Gasteiger charge is 2.48. The Morgan fingerprint density at radius 1 is 1.13 bits per heavy atom. The molecular formula is C19H31N5O6. The van der Waals surface area contributed by atoms with Gasteiger partial charge in [-0.3, -0.25) is 15.4 Å². The van der Waals surface area contributed by atoms with Gasteiger partial charge in [-0.2, -0.15) is 0 Å². The second-order valence-corrected chi connectivity index (χ2v) is 7.46. The van der Waals surface area contributed by atoms with Gasteiger partial charge in [-0.05, 0) is 46.6 Å². The number of urea groups is 2. The first-order valence-electron chi connectivity index (χ1n) is 9.88. The summed E-state index contributed by atoms with van der Waals surface area (Å²) in [5.74, 6) is -0.700. The molecule has 11 heteroatoms. The Morgan fingerprint density at radius 2 is 1.70 bits per heavy atom. The van der Waals surface area contributed by atoms with E-state index < -0.39 is 35.0 Å². The number of ether oxygens (including phenoxy) is 1. The molecule has 0 bridgehead atoms. The third kappa shape index (κ3) is 6.46. The molecule has 0 aliphatic heterocycles. The molecule has 1 aliphatic rings. The highest BCUT2D eigenvalue weighted by molar-refractivity contribution is 5.96. The van der Waals surface area contributed by atoms with Crippen LogP contribution in [0.1, 0.15) is 54.4 Å². The standard InChI is InChI=1S/C19H31N5O6/c1-7-13-9-19(24(28)29,23-18(27)21-12(5)6)10-14(15(13)16(25)30-8-2)22-17(26)20-11(3)4/h9,11-12H,7-8,10H2,1-6H3,(H2,20,22,26)(H2,21,23,27). The molecule has 0 spiro atoms. The Morgan fingerprint density at radius 3 is 2.17 bits per heavy atom. The minimum absolute atomic E-state index is 0.00694. The monoisotopic (exact) mass is 425 g/mol. The van der Waals surface area contributed by atoms with E-state index in [9.17, 15) is 24.5 Å². The van der Waals surface area contributed by atoms with Crippen LogP contribution in [0.5, 0.6) is 0 Å². The number of rotatable bonds is 8. The first-order chi connectivity index (χ1) is 14.0. The molecule has 168 valence electrons. The average Bonchev–Trinajstić information content (AvgIpc) is 2.59. The summed E-state index contributed by atoms with van der Waals surface area (Å²) < 4.78 is 5.09. The van der Waals surface area contributed by atoms with E-state index in [0.717, 1.165) is 0 Å². The molecule has 4 amide bonds. The van der Waals surface area contributed by atoms with Gasteiger partial charge < -0.3 is 20.7 Å². The predicted octanol–water partition coefficient (Wildman–Crippen LogP) is 1.93. The lowest BCUT2D eigenvalue weighted by atomic mass is 9.86. The van der Waals surface area contributed by atoms with Gasteiger partial charge in [-0.15, -0.1) is 0 Å². The van der Waals surface area contributed by atoms with Crippen molar-refractivity contribution in [3.63, 3.8) is 0 Å². The summed E-state index contributed by atoms with van der Waals surface area (Å²) in [6, 6.07) is -1.80. The van der Waals surface area contributed by atoms with Crippen molar-refractivity contribution in [2.75, 3.05) is 6.61 Å². The van der Waals surface area contributed by atoms with Crippen LogP contribution in [0.2, 0.25) is 0 Å². The zero-order chi connectivity index (χ0) is 23.1. The minimum atomic E-state index is -2.04. The molecule has 0 aromatic carbocycles. The molecule has 4 N–H and O–H groups in total. The fraction of sp³-hybridized carbons (Fsp3) is 0.632. The molecule has 0 fully saturated rings. The Kier molecular flexibility index (Phi) is 8.81. The summed E-state index contributed by atoms with van der Waals surface area (Å²) in [6.07, 6.45) is 1.05. The number of amides is 4. The van der Waals surface area contributed by atoms with Crippen LogP contribution < -0.4 is 21.3 Å². The summed E-state index contributed by atoms with van der Waals surface area (Å²) in [7, 11) is 0. The van der Waals surface area contributed by atoms with Gasteiger partial charge in [0.2, 0.25) is 0 Å². The molecule has 0 saturated heterocycles. The van der Waals surface area contributed by atoms with Crippen molar-refractivity contribution < 1.29 is 24.0 Å². The highest BCUT2D eigenvalue weighted by atomic mass is 16.6. The van der Waals surface area contributed by atoms with Crippen LogP contribution in [-0.4, -0.2) is 47.3 Å². The maximum absolute atomic E-state index is 12.6. The van der Waals surface area contributed by atoms with Gasteiger partial charge in [0, 0.05) is 23.9 Å². The van der Waals surface area contributed by atoms with E-state index in [1.54, 1.807) is 41.5 Å². The molecular weight excluding hydrogens is 394 g/mol. The van der Waals surface area contributed by atoms with Gasteiger partial charge >= 0.3 is 23.7 Å². The molecule has 1 rings (SSSR count). The highest BCUT2D eigenvalue weighted by Crippen LogP contribution is 2.33. The topological polar surface area (TPSA) is 152 Å². The van der Waals surface area contributed by atoms with Crippen molar-refractivity contribution in [3.05, 3.63) is 33.0 Å². The zero-order valence-electron chi connectivity index (χ0n) is 18.3. The zero-order valence-corrected chi connectivity index (χ0v) is 18.3. The van der Waals surface area contributed by atoms with Crippen LogP contribution >= 0.6 is 0 Å². The number of nitrogens with zero attached hydrogens (tertiary/aromatic N) is 1. The van der Waals surface area contributed by atoms with Crippen molar-refractivity contribution in [3.8, 4) is 0 Å². The number of nitro groups is 1. The van der Waals surface area contributed by atoms with Crippen molar-refractivity contribution in [1.82, 2.24) is 21.3 Å². The van der Waals surface area contributed by atoms with Gasteiger partial charge in [0.25, 0.3) is 0 Å². The van der Waals surface area contributed by atoms with Crippen LogP contribution in [0.3, 0.4) is 0 Å². The SMILES string of the molecule is CCOC(=O)C1=C(NC(=O)NC(C)C)CC(NC(=O)NC(C)C)([N+](=O)[O-])C=C1CC. The summed E-state index contributed by atoms with van der Waals surface area (Å²) >= 11 is 0. The van der Waals surface area contributed by atoms with Gasteiger partial charge in [-0.1, -0.05) is 6.92 Å². The molecule has 1 aliphatic carbocycles. The van der Waals surface area contributed by atoms with Crippen molar-refractivity contribution in [2.45, 2.75) is 72.1 Å². The lowest BCUT2D eigenvalue weighted by molar-refractivity contribution is -0.560. The maximum Gasteiger partial charge on any atom is 0.340 e. The van der Waals surface area contributed by atoms with Crippen molar-refractivity contribution in [2.24, 2.45) is 0 Å². The predicted molar refractivity (Wildman–Crippen MR) is 110 cm³/mol. The molecule has 0 aromatic heterocycles. The number of hydrogen-bond acceptors (Lipinski definition) is 6. The van der Waals surface area contributed by atoms with Gasteiger partial charge in [0.05, 0.1) is 23.5 Å². The van der Waals surface area contributed by atoms with Crippen LogP contribution in [0.25, 0.3) is 0 Å². The van der Waals surface area contributed by atoms with Crippen LogP contribution in [0.4, 0.5) is 9.59 Å². The van der Waals surface area contributed by atoms with E-state index >= 15 is 0 Å². The molecule has 0 aromatic rings. The number of carbonyl (C=O) groups excluding carboxylic acids is 3. The number of nitrogens with one attached hydrogen (secondary N) is 4. The van der Waals surface area contributed by atoms with Crippen LogP contribution in [-0.2, 0) is 9.53 Å². The van der Waals surface area contributed by atoms with Crippen LogP contribution in [0.15, 0.2) is 22.9 Å². The Hall–Kier alpha value is -3.11. The van der Waals surface area contributed by atoms with E-state index in [2.05, 4.69) is 21.3 Å². The Labute approximate surface area is 175 Å². The smallest absolute Gasteiger partial charge is 0.340 e. The molecule has 1 atom stereocenters. The third-order valence-corrected chi connectivity index (χ3v) is 4.10. The van der Waals surface area contributed by atoms with E-state index in [4.69, 9.17) is 4.74 Å². The van der Waals surface area contributed by atoms with E-state index in [0.29, 0.717) is 5.57 Å². The fourth-order valence-electron chi connectivity index (χ4n) is 2.98. The summed E-state index contributed by atoms with van der Waals surface area (Å²) in [4.78, 5) is 48.5. The number of carbonyl (C=O) groups is 3. The quantitative estimate of drug-likeness (QED) is 0.202. The molecule has 0 saturated carbocycles. The van der Waals surface area contributed by atoms with Crippen molar-refractivity contribution >= 4 is 18.0 Å². The maximum atomic E-state index is 12.6. The largest absolute Gasteiger partial charge is 0.462 e. The summed E-state index contributed by atoms with van der Waals surface area (Å²) in [5.41, 5.74) is -1.68. The first-order valence-corrected chi connectivity index (χ1v) is 9.88. The number of hydrogen-bond donors (Lipinski definition) is 4. The van der Waals surface area contributed by atoms with Crippen molar-refractivity contribution in [1.29, 1.82) is 0 Å². The van der Waals surface area contributed by atoms with Crippen LogP contribution in [0, 0.1) is 10.1 Å². The molecule has 30 heavy (non-hydrogen) atoms. The Balaban J connectivity index is 3.46. The van der Waals surface area contributed by atoms with Gasteiger partial charge in [-0.25, -0.2) is 14.4 Å². The second-order valence-electron chi connectivity index (χ2n) is 7.46. The minimum Gasteiger partial charge on any atom is -0.462 e. The fourth-order valence-corrected chi connectivity index (χ4v) is 2.98. The lowest BCUT2D eigenvalue weighted by Gasteiger charge is -2.31. The third-order valence-electron chi connectivity index (χ3n) is 4.10. The molecule has 11 nitrogen and oxygen atoms in total. The molecule has 0 heterocycles. The first kappa shape index (κ1) is 24.9. The normalized spacial score (nSPS) is 18.6. The molecule has 1 unspecified atom stereocenters. The Bertz CT molecular complexity index is 759. The average molecular weight is 425 g/mol. The number of esters is 1. The second kappa shape index (κ2) is 10.6. The van der Waals surface area contributed by atoms with E-state index in [-0.39, 0.29) is 36.4 Å². The van der Waals surface area contributed by atoms with Gasteiger partial charge in [0.1, 0.15) is 0 Å². The summed E-state index contributed by atoms with van der Waals surface area (Å²) in [6.45, 7) is 10.4.